The Kier molecular flexibility index (Phi) is 14.1. The summed E-state index contributed by atoms with van der Waals surface area (Å²) in [6.07, 6.45) is -1.92. The molecular formula is C22H35N4NaO10. The molecule has 2 fully saturated rings. The summed E-state index contributed by atoms with van der Waals surface area (Å²) >= 11 is 0. The van der Waals surface area contributed by atoms with Gasteiger partial charge in [0.15, 0.2) is 13.5 Å². The zero-order valence-corrected chi connectivity index (χ0v) is 24.1. The van der Waals surface area contributed by atoms with Crippen LogP contribution in [0.2, 0.25) is 0 Å². The van der Waals surface area contributed by atoms with E-state index in [9.17, 15) is 28.8 Å². The molecule has 0 unspecified atom stereocenters. The molecule has 2 saturated heterocycles. The van der Waals surface area contributed by atoms with Crippen LogP contribution in [0.3, 0.4) is 0 Å². The maximum absolute atomic E-state index is 12.4. The molecule has 0 aromatic carbocycles. The largest absolute Gasteiger partial charge is 1.00 e. The van der Waals surface area contributed by atoms with Crippen molar-refractivity contribution >= 4 is 35.9 Å². The van der Waals surface area contributed by atoms with Crippen LogP contribution >= 0.6 is 0 Å². The number of hydrogen-bond acceptors (Lipinski definition) is 12. The Balaban J connectivity index is 0.00000684. The zero-order chi connectivity index (χ0) is 26.8. The van der Waals surface area contributed by atoms with E-state index in [2.05, 4.69) is 0 Å². The van der Waals surface area contributed by atoms with E-state index in [0.717, 1.165) is 9.80 Å². The van der Waals surface area contributed by atoms with Gasteiger partial charge in [-0.3, -0.25) is 29.0 Å². The SMILES string of the molecule is CC(C)COC(=O)OCN1C(=O)CN(CCN2CC(=O)N(COC(=O)OCC(C)C)C(=O)C2)CC1=O.[H-].[Na+]. The molecule has 2 aliphatic rings. The number of ether oxygens (including phenoxy) is 4. The maximum Gasteiger partial charge on any atom is 1.00 e. The molecule has 0 aromatic heterocycles. The van der Waals surface area contributed by atoms with Crippen molar-refractivity contribution in [2.45, 2.75) is 27.7 Å². The quantitative estimate of drug-likeness (QED) is 0.150. The molecule has 0 atom stereocenters. The zero-order valence-electron chi connectivity index (χ0n) is 23.1. The van der Waals surface area contributed by atoms with Crippen LogP contribution in [0.15, 0.2) is 0 Å². The van der Waals surface area contributed by atoms with Crippen molar-refractivity contribution in [2.75, 3.05) is 65.9 Å². The first-order valence-electron chi connectivity index (χ1n) is 11.7. The van der Waals surface area contributed by atoms with Gasteiger partial charge < -0.3 is 20.4 Å². The Morgan fingerprint density at radius 1 is 0.649 bits per heavy atom. The molecule has 0 radical (unpaired) electrons. The fraction of sp³-hybridized carbons (Fsp3) is 0.727. The van der Waals surface area contributed by atoms with E-state index in [1.165, 1.54) is 0 Å². The molecule has 0 spiro atoms. The fourth-order valence-corrected chi connectivity index (χ4v) is 3.17. The number of amides is 4. The molecule has 0 N–H and O–H groups in total. The molecule has 4 amide bonds. The Morgan fingerprint density at radius 3 is 1.22 bits per heavy atom. The normalized spacial score (nSPS) is 17.2. The summed E-state index contributed by atoms with van der Waals surface area (Å²) < 4.78 is 19.4. The molecule has 204 valence electrons. The van der Waals surface area contributed by atoms with Crippen molar-refractivity contribution < 1.29 is 78.7 Å². The van der Waals surface area contributed by atoms with Crippen LogP contribution in [0, 0.1) is 11.8 Å². The third-order valence-electron chi connectivity index (χ3n) is 5.06. The molecular weight excluding hydrogens is 503 g/mol. The number of imide groups is 2. The van der Waals surface area contributed by atoms with Gasteiger partial charge in [0.25, 0.3) is 0 Å². The Labute approximate surface area is 239 Å². The minimum atomic E-state index is -0.960. The minimum Gasteiger partial charge on any atom is -1.00 e. The van der Waals surface area contributed by atoms with Gasteiger partial charge in [-0.2, -0.15) is 0 Å². The molecule has 37 heavy (non-hydrogen) atoms. The molecule has 15 heteroatoms. The van der Waals surface area contributed by atoms with Gasteiger partial charge in [-0.15, -0.1) is 0 Å². The first-order chi connectivity index (χ1) is 17.0. The van der Waals surface area contributed by atoms with Crippen molar-refractivity contribution in [1.29, 1.82) is 0 Å². The average molecular weight is 539 g/mol. The number of nitrogens with zero attached hydrogens (tertiary/aromatic N) is 4. The van der Waals surface area contributed by atoms with Gasteiger partial charge in [0, 0.05) is 13.1 Å². The molecule has 2 heterocycles. The Morgan fingerprint density at radius 2 is 0.946 bits per heavy atom. The third-order valence-corrected chi connectivity index (χ3v) is 5.06. The van der Waals surface area contributed by atoms with Crippen LogP contribution in [0.4, 0.5) is 9.59 Å². The Bertz CT molecular complexity index is 756. The van der Waals surface area contributed by atoms with Crippen LogP contribution in [-0.2, 0) is 38.1 Å². The van der Waals surface area contributed by atoms with Crippen molar-refractivity contribution in [1.82, 2.24) is 19.6 Å². The van der Waals surface area contributed by atoms with Gasteiger partial charge in [-0.1, -0.05) is 27.7 Å². The molecule has 0 aliphatic carbocycles. The van der Waals surface area contributed by atoms with E-state index in [1.54, 1.807) is 9.80 Å². The standard InChI is InChI=1S/C22H34N4O10.Na.H/c1-15(2)11-33-21(31)35-13-25-17(27)7-23(8-18(25)28)5-6-24-9-19(29)26(20(30)10-24)14-36-22(32)34-12-16(3)4;;/h15-16H,5-14H2,1-4H3;;/q;+1;-1. The summed E-state index contributed by atoms with van der Waals surface area (Å²) in [5.74, 6) is -1.93. The van der Waals surface area contributed by atoms with Gasteiger partial charge in [0.05, 0.1) is 39.4 Å². The van der Waals surface area contributed by atoms with E-state index in [4.69, 9.17) is 18.9 Å². The van der Waals surface area contributed by atoms with E-state index in [-0.39, 0.29) is 95.3 Å². The molecule has 0 bridgehead atoms. The topological polar surface area (TPSA) is 152 Å². The van der Waals surface area contributed by atoms with Crippen molar-refractivity contribution in [2.24, 2.45) is 11.8 Å². The monoisotopic (exact) mass is 538 g/mol. The fourth-order valence-electron chi connectivity index (χ4n) is 3.17. The number of piperazine rings is 2. The van der Waals surface area contributed by atoms with E-state index < -0.39 is 49.4 Å². The van der Waals surface area contributed by atoms with Crippen LogP contribution in [0.1, 0.15) is 29.1 Å². The molecule has 2 aliphatic heterocycles. The van der Waals surface area contributed by atoms with Crippen LogP contribution in [-0.4, -0.2) is 121 Å². The van der Waals surface area contributed by atoms with Crippen LogP contribution < -0.4 is 29.6 Å². The number of carbonyl (C=O) groups is 6. The second kappa shape index (κ2) is 15.9. The van der Waals surface area contributed by atoms with Gasteiger partial charge in [-0.05, 0) is 11.8 Å². The van der Waals surface area contributed by atoms with E-state index >= 15 is 0 Å². The smallest absolute Gasteiger partial charge is 1.00 e. The first kappa shape index (κ1) is 32.8. The van der Waals surface area contributed by atoms with Crippen molar-refractivity contribution in [3.8, 4) is 0 Å². The number of rotatable bonds is 11. The third kappa shape index (κ3) is 11.3. The van der Waals surface area contributed by atoms with Gasteiger partial charge >= 0.3 is 41.9 Å². The summed E-state index contributed by atoms with van der Waals surface area (Å²) in [4.78, 5) is 77.3. The second-order valence-corrected chi connectivity index (χ2v) is 9.31. The Hall–Kier alpha value is -2.26. The summed E-state index contributed by atoms with van der Waals surface area (Å²) in [5.41, 5.74) is 0. The van der Waals surface area contributed by atoms with Gasteiger partial charge in [0.1, 0.15) is 0 Å². The van der Waals surface area contributed by atoms with Crippen LogP contribution in [0.5, 0.6) is 0 Å². The number of carbonyl (C=O) groups excluding carboxylic acids is 6. The predicted molar refractivity (Wildman–Crippen MR) is 122 cm³/mol. The molecule has 0 saturated carbocycles. The summed E-state index contributed by atoms with van der Waals surface area (Å²) in [6.45, 7) is 6.81. The summed E-state index contributed by atoms with van der Waals surface area (Å²) in [6, 6.07) is 0. The van der Waals surface area contributed by atoms with Crippen molar-refractivity contribution in [3.05, 3.63) is 0 Å². The van der Waals surface area contributed by atoms with Gasteiger partial charge in [0.2, 0.25) is 23.6 Å². The minimum absolute atomic E-state index is 0. The summed E-state index contributed by atoms with van der Waals surface area (Å²) in [5, 5.41) is 0. The average Bonchev–Trinajstić information content (AvgIpc) is 2.79. The molecule has 2 rings (SSSR count). The molecule has 14 nitrogen and oxygen atoms in total. The molecule has 0 aromatic rings. The first-order valence-corrected chi connectivity index (χ1v) is 11.7. The van der Waals surface area contributed by atoms with Crippen LogP contribution in [0.25, 0.3) is 0 Å². The second-order valence-electron chi connectivity index (χ2n) is 9.31. The maximum atomic E-state index is 12.4. The predicted octanol–water partition coefficient (Wildman–Crippen LogP) is -3.02. The number of hydrogen-bond donors (Lipinski definition) is 0. The van der Waals surface area contributed by atoms with E-state index in [1.807, 2.05) is 27.7 Å². The van der Waals surface area contributed by atoms with Gasteiger partial charge in [-0.25, -0.2) is 19.4 Å². The summed E-state index contributed by atoms with van der Waals surface area (Å²) in [7, 11) is 0. The van der Waals surface area contributed by atoms with E-state index in [0.29, 0.717) is 0 Å². The van der Waals surface area contributed by atoms with Crippen molar-refractivity contribution in [3.63, 3.8) is 0 Å².